The molecule has 7 nitrogen and oxygen atoms in total. The van der Waals surface area contributed by atoms with E-state index in [-0.39, 0.29) is 24.4 Å². The third kappa shape index (κ3) is 6.75. The van der Waals surface area contributed by atoms with Gasteiger partial charge in [0.15, 0.2) is 0 Å². The van der Waals surface area contributed by atoms with Crippen LogP contribution in [0.25, 0.3) is 0 Å². The molecule has 1 unspecified atom stereocenters. The van der Waals surface area contributed by atoms with Crippen molar-refractivity contribution in [1.29, 1.82) is 0 Å². The van der Waals surface area contributed by atoms with Crippen LogP contribution in [-0.4, -0.2) is 56.7 Å². The Labute approximate surface area is 161 Å². The van der Waals surface area contributed by atoms with Gasteiger partial charge in [-0.1, -0.05) is 25.1 Å². The summed E-state index contributed by atoms with van der Waals surface area (Å²) >= 11 is 0. The van der Waals surface area contributed by atoms with Crippen molar-refractivity contribution in [2.24, 2.45) is 0 Å². The molecular weight excluding hydrogens is 344 g/mol. The molecule has 1 aromatic carbocycles. The standard InChI is InChI=1S/C20H32N4O3/c1-3-11-21-19(25)10-12-22-20(26)23-15-17(24-13-6-7-14-24)16-8-4-5-9-18(16)27-2/h4-5,8-9,17H,3,6-7,10-15H2,1-2H3,(H,21,25)(H2,22,23,26). The Kier molecular flexibility index (Phi) is 8.91. The van der Waals surface area contributed by atoms with E-state index in [9.17, 15) is 9.59 Å². The maximum Gasteiger partial charge on any atom is 0.314 e. The first-order valence-electron chi connectivity index (χ1n) is 9.81. The van der Waals surface area contributed by atoms with Crippen molar-refractivity contribution >= 4 is 11.9 Å². The van der Waals surface area contributed by atoms with E-state index >= 15 is 0 Å². The molecule has 0 bridgehead atoms. The number of carbonyl (C=O) groups excluding carboxylic acids is 2. The van der Waals surface area contributed by atoms with E-state index in [1.165, 1.54) is 12.8 Å². The Hall–Kier alpha value is -2.28. The predicted molar refractivity (Wildman–Crippen MR) is 106 cm³/mol. The van der Waals surface area contributed by atoms with Crippen molar-refractivity contribution in [3.05, 3.63) is 29.8 Å². The van der Waals surface area contributed by atoms with Crippen molar-refractivity contribution in [2.75, 3.05) is 39.8 Å². The highest BCUT2D eigenvalue weighted by molar-refractivity contribution is 5.78. The van der Waals surface area contributed by atoms with E-state index in [1.807, 2.05) is 25.1 Å². The summed E-state index contributed by atoms with van der Waals surface area (Å²) in [5.74, 6) is 0.797. The van der Waals surface area contributed by atoms with Gasteiger partial charge in [-0.3, -0.25) is 9.69 Å². The van der Waals surface area contributed by atoms with Crippen LogP contribution in [0.1, 0.15) is 44.2 Å². The van der Waals surface area contributed by atoms with Gasteiger partial charge in [-0.15, -0.1) is 0 Å². The zero-order valence-electron chi connectivity index (χ0n) is 16.4. The summed E-state index contributed by atoms with van der Waals surface area (Å²) in [5.41, 5.74) is 1.08. The summed E-state index contributed by atoms with van der Waals surface area (Å²) in [5, 5.41) is 8.50. The monoisotopic (exact) mass is 376 g/mol. The molecule has 0 radical (unpaired) electrons. The summed E-state index contributed by atoms with van der Waals surface area (Å²) in [6, 6.07) is 7.77. The first-order valence-corrected chi connectivity index (χ1v) is 9.81. The molecule has 1 aromatic rings. The SMILES string of the molecule is CCCNC(=O)CCNC(=O)NCC(c1ccccc1OC)N1CCCC1. The van der Waals surface area contributed by atoms with E-state index in [0.29, 0.717) is 19.6 Å². The lowest BCUT2D eigenvalue weighted by Gasteiger charge is -2.29. The largest absolute Gasteiger partial charge is 0.496 e. The van der Waals surface area contributed by atoms with Gasteiger partial charge < -0.3 is 20.7 Å². The molecule has 0 spiro atoms. The van der Waals surface area contributed by atoms with Crippen LogP contribution in [0.4, 0.5) is 4.79 Å². The van der Waals surface area contributed by atoms with Gasteiger partial charge in [0.05, 0.1) is 13.2 Å². The van der Waals surface area contributed by atoms with Gasteiger partial charge in [-0.2, -0.15) is 0 Å². The summed E-state index contributed by atoms with van der Waals surface area (Å²) in [6.45, 7) is 5.53. The van der Waals surface area contributed by atoms with Crippen molar-refractivity contribution in [2.45, 2.75) is 38.6 Å². The van der Waals surface area contributed by atoms with E-state index in [4.69, 9.17) is 4.74 Å². The minimum atomic E-state index is -0.252. The lowest BCUT2D eigenvalue weighted by Crippen LogP contribution is -2.42. The molecule has 1 atom stereocenters. The minimum Gasteiger partial charge on any atom is -0.496 e. The molecule has 0 saturated carbocycles. The number of nitrogens with one attached hydrogen (secondary N) is 3. The van der Waals surface area contributed by atoms with Crippen molar-refractivity contribution < 1.29 is 14.3 Å². The highest BCUT2D eigenvalue weighted by Crippen LogP contribution is 2.31. The van der Waals surface area contributed by atoms with E-state index in [2.05, 4.69) is 26.9 Å². The van der Waals surface area contributed by atoms with Crippen LogP contribution in [0.5, 0.6) is 5.75 Å². The fraction of sp³-hybridized carbons (Fsp3) is 0.600. The molecule has 1 aliphatic heterocycles. The zero-order chi connectivity index (χ0) is 19.5. The number of benzene rings is 1. The number of hydrogen-bond donors (Lipinski definition) is 3. The fourth-order valence-corrected chi connectivity index (χ4v) is 3.32. The molecule has 1 aliphatic rings. The number of para-hydroxylation sites is 1. The van der Waals surface area contributed by atoms with Gasteiger partial charge in [-0.05, 0) is 38.4 Å². The molecule has 27 heavy (non-hydrogen) atoms. The predicted octanol–water partition coefficient (Wildman–Crippen LogP) is 2.05. The van der Waals surface area contributed by atoms with Gasteiger partial charge in [0.2, 0.25) is 5.91 Å². The first kappa shape index (κ1) is 21.0. The maximum atomic E-state index is 12.1. The van der Waals surface area contributed by atoms with Crippen LogP contribution in [-0.2, 0) is 4.79 Å². The molecule has 0 aliphatic carbocycles. The summed E-state index contributed by atoms with van der Waals surface area (Å²) in [6.07, 6.45) is 3.53. The minimum absolute atomic E-state index is 0.0406. The highest BCUT2D eigenvalue weighted by Gasteiger charge is 2.26. The number of urea groups is 1. The summed E-state index contributed by atoms with van der Waals surface area (Å²) in [4.78, 5) is 26.1. The van der Waals surface area contributed by atoms with Crippen LogP contribution < -0.4 is 20.7 Å². The number of carbonyl (C=O) groups is 2. The Morgan fingerprint density at radius 2 is 1.85 bits per heavy atom. The molecule has 1 heterocycles. The lowest BCUT2D eigenvalue weighted by atomic mass is 10.0. The second-order valence-corrected chi connectivity index (χ2v) is 6.74. The second-order valence-electron chi connectivity index (χ2n) is 6.74. The second kappa shape index (κ2) is 11.4. The highest BCUT2D eigenvalue weighted by atomic mass is 16.5. The fourth-order valence-electron chi connectivity index (χ4n) is 3.32. The van der Waals surface area contributed by atoms with Crippen LogP contribution >= 0.6 is 0 Å². The van der Waals surface area contributed by atoms with Crippen LogP contribution in [0.2, 0.25) is 0 Å². The Morgan fingerprint density at radius 3 is 2.56 bits per heavy atom. The Morgan fingerprint density at radius 1 is 1.11 bits per heavy atom. The number of hydrogen-bond acceptors (Lipinski definition) is 4. The number of likely N-dealkylation sites (tertiary alicyclic amines) is 1. The van der Waals surface area contributed by atoms with Gasteiger partial charge in [-0.25, -0.2) is 4.79 Å². The Bertz CT molecular complexity index is 603. The summed E-state index contributed by atoms with van der Waals surface area (Å²) in [7, 11) is 1.67. The van der Waals surface area contributed by atoms with Crippen molar-refractivity contribution in [1.82, 2.24) is 20.9 Å². The van der Waals surface area contributed by atoms with Gasteiger partial charge >= 0.3 is 6.03 Å². The van der Waals surface area contributed by atoms with E-state index < -0.39 is 0 Å². The van der Waals surface area contributed by atoms with Crippen molar-refractivity contribution in [3.8, 4) is 5.75 Å². The molecule has 1 fully saturated rings. The number of rotatable bonds is 10. The number of nitrogens with zero attached hydrogens (tertiary/aromatic N) is 1. The third-order valence-electron chi connectivity index (χ3n) is 4.75. The first-order chi connectivity index (χ1) is 13.2. The zero-order valence-corrected chi connectivity index (χ0v) is 16.4. The van der Waals surface area contributed by atoms with Crippen molar-refractivity contribution in [3.63, 3.8) is 0 Å². The van der Waals surface area contributed by atoms with Gasteiger partial charge in [0, 0.05) is 31.6 Å². The van der Waals surface area contributed by atoms with E-state index in [1.54, 1.807) is 7.11 Å². The quantitative estimate of drug-likeness (QED) is 0.584. The molecule has 0 aromatic heterocycles. The van der Waals surface area contributed by atoms with Crippen LogP contribution in [0.15, 0.2) is 24.3 Å². The Balaban J connectivity index is 1.86. The molecule has 2 rings (SSSR count). The maximum absolute atomic E-state index is 12.1. The van der Waals surface area contributed by atoms with E-state index in [0.717, 1.165) is 30.8 Å². The number of ether oxygens (including phenoxy) is 1. The lowest BCUT2D eigenvalue weighted by molar-refractivity contribution is -0.120. The molecule has 150 valence electrons. The molecular formula is C20H32N4O3. The van der Waals surface area contributed by atoms with Gasteiger partial charge in [0.1, 0.15) is 5.75 Å². The molecule has 7 heteroatoms. The molecule has 3 amide bonds. The molecule has 1 saturated heterocycles. The van der Waals surface area contributed by atoms with Crippen LogP contribution in [0.3, 0.4) is 0 Å². The smallest absolute Gasteiger partial charge is 0.314 e. The number of amides is 3. The summed E-state index contributed by atoms with van der Waals surface area (Å²) < 4.78 is 5.52. The molecule has 3 N–H and O–H groups in total. The normalized spacial score (nSPS) is 15.2. The van der Waals surface area contributed by atoms with Gasteiger partial charge in [0.25, 0.3) is 0 Å². The topological polar surface area (TPSA) is 82.7 Å². The number of methoxy groups -OCH3 is 1. The third-order valence-corrected chi connectivity index (χ3v) is 4.75. The average molecular weight is 377 g/mol. The average Bonchev–Trinajstić information content (AvgIpc) is 3.21. The van der Waals surface area contributed by atoms with Crippen LogP contribution in [0, 0.1) is 0 Å².